The molecule has 19 heavy (non-hydrogen) atoms. The number of benzene rings is 1. The van der Waals surface area contributed by atoms with Crippen molar-refractivity contribution in [3.63, 3.8) is 0 Å². The number of para-hydroxylation sites is 1. The molecule has 1 heterocycles. The minimum absolute atomic E-state index is 0.124. The number of nitrogens with zero attached hydrogens (tertiary/aromatic N) is 1. The number of piperidine rings is 1. The van der Waals surface area contributed by atoms with E-state index in [-0.39, 0.29) is 17.5 Å². The van der Waals surface area contributed by atoms with Crippen molar-refractivity contribution in [3.05, 3.63) is 24.3 Å². The van der Waals surface area contributed by atoms with Gasteiger partial charge in [0.25, 0.3) is 0 Å². The zero-order valence-corrected chi connectivity index (χ0v) is 11.9. The molecule has 1 fully saturated rings. The average molecular weight is 284 g/mol. The van der Waals surface area contributed by atoms with Gasteiger partial charge in [0.15, 0.2) is 0 Å². The topological polar surface area (TPSA) is 69.6 Å². The van der Waals surface area contributed by atoms with Gasteiger partial charge in [-0.15, -0.1) is 0 Å². The van der Waals surface area contributed by atoms with Gasteiger partial charge < -0.3 is 10.4 Å². The molecule has 1 unspecified atom stereocenters. The molecule has 1 aromatic rings. The van der Waals surface area contributed by atoms with E-state index >= 15 is 0 Å². The summed E-state index contributed by atoms with van der Waals surface area (Å²) in [5.41, 5.74) is 0.588. The number of sulfonamides is 1. The standard InChI is InChI=1S/C13H20N2O3S/c1-14-12-7-2-3-8-13(12)19(17,18)15-9-5-4-6-11(15)10-16/h2-3,7-8,11,14,16H,4-6,9-10H2,1H3. The van der Waals surface area contributed by atoms with Gasteiger partial charge in [-0.1, -0.05) is 18.6 Å². The molecule has 5 nitrogen and oxygen atoms in total. The third-order valence-electron chi connectivity index (χ3n) is 3.53. The van der Waals surface area contributed by atoms with Crippen LogP contribution >= 0.6 is 0 Å². The maximum Gasteiger partial charge on any atom is 0.245 e. The Morgan fingerprint density at radius 2 is 2.11 bits per heavy atom. The second kappa shape index (κ2) is 5.90. The largest absolute Gasteiger partial charge is 0.395 e. The monoisotopic (exact) mass is 284 g/mol. The van der Waals surface area contributed by atoms with Crippen LogP contribution in [-0.2, 0) is 10.0 Å². The Hall–Kier alpha value is -1.11. The Kier molecular flexibility index (Phi) is 4.44. The minimum Gasteiger partial charge on any atom is -0.395 e. The fourth-order valence-corrected chi connectivity index (χ4v) is 4.38. The Balaban J connectivity index is 2.40. The summed E-state index contributed by atoms with van der Waals surface area (Å²) in [5, 5.41) is 12.3. The molecule has 0 amide bonds. The van der Waals surface area contributed by atoms with Crippen LogP contribution in [0, 0.1) is 0 Å². The van der Waals surface area contributed by atoms with Crippen molar-refractivity contribution in [1.82, 2.24) is 4.31 Å². The highest BCUT2D eigenvalue weighted by Crippen LogP contribution is 2.29. The molecule has 1 aliphatic rings. The van der Waals surface area contributed by atoms with Gasteiger partial charge in [0.1, 0.15) is 4.90 Å². The highest BCUT2D eigenvalue weighted by molar-refractivity contribution is 7.89. The number of hydrogen-bond donors (Lipinski definition) is 2. The van der Waals surface area contributed by atoms with Crippen molar-refractivity contribution >= 4 is 15.7 Å². The van der Waals surface area contributed by atoms with E-state index in [1.54, 1.807) is 31.3 Å². The van der Waals surface area contributed by atoms with Gasteiger partial charge in [-0.2, -0.15) is 4.31 Å². The molecule has 0 aliphatic carbocycles. The zero-order chi connectivity index (χ0) is 13.9. The van der Waals surface area contributed by atoms with Crippen molar-refractivity contribution in [2.75, 3.05) is 25.5 Å². The van der Waals surface area contributed by atoms with Crippen LogP contribution in [0.4, 0.5) is 5.69 Å². The normalized spacial score (nSPS) is 21.3. The van der Waals surface area contributed by atoms with E-state index in [0.717, 1.165) is 19.3 Å². The molecule has 0 bridgehead atoms. The summed E-state index contributed by atoms with van der Waals surface area (Å²) >= 11 is 0. The average Bonchev–Trinajstić information content (AvgIpc) is 2.47. The third kappa shape index (κ3) is 2.75. The molecule has 0 saturated carbocycles. The fraction of sp³-hybridized carbons (Fsp3) is 0.538. The summed E-state index contributed by atoms with van der Waals surface area (Å²) in [6.07, 6.45) is 2.53. The number of anilines is 1. The van der Waals surface area contributed by atoms with Gasteiger partial charge in [-0.3, -0.25) is 0 Å². The molecular formula is C13H20N2O3S. The van der Waals surface area contributed by atoms with Gasteiger partial charge in [-0.25, -0.2) is 8.42 Å². The summed E-state index contributed by atoms with van der Waals surface area (Å²) < 4.78 is 26.9. The smallest absolute Gasteiger partial charge is 0.245 e. The van der Waals surface area contributed by atoms with Gasteiger partial charge in [0.2, 0.25) is 10.0 Å². The first-order chi connectivity index (χ1) is 9.11. The maximum atomic E-state index is 12.7. The lowest BCUT2D eigenvalue weighted by atomic mass is 10.1. The minimum atomic E-state index is -3.56. The molecular weight excluding hydrogens is 264 g/mol. The quantitative estimate of drug-likeness (QED) is 0.873. The lowest BCUT2D eigenvalue weighted by Gasteiger charge is -2.33. The van der Waals surface area contributed by atoms with Gasteiger partial charge >= 0.3 is 0 Å². The molecule has 1 atom stereocenters. The number of aliphatic hydroxyl groups is 1. The third-order valence-corrected chi connectivity index (χ3v) is 5.54. The van der Waals surface area contributed by atoms with Crippen molar-refractivity contribution in [2.45, 2.75) is 30.2 Å². The molecule has 6 heteroatoms. The van der Waals surface area contributed by atoms with E-state index in [2.05, 4.69) is 5.32 Å². The first-order valence-corrected chi connectivity index (χ1v) is 7.94. The molecule has 0 spiro atoms. The maximum absolute atomic E-state index is 12.7. The highest BCUT2D eigenvalue weighted by Gasteiger charge is 2.34. The number of aliphatic hydroxyl groups excluding tert-OH is 1. The van der Waals surface area contributed by atoms with E-state index < -0.39 is 10.0 Å². The van der Waals surface area contributed by atoms with Crippen molar-refractivity contribution in [3.8, 4) is 0 Å². The number of rotatable bonds is 4. The Morgan fingerprint density at radius 3 is 2.79 bits per heavy atom. The second-order valence-corrected chi connectivity index (χ2v) is 6.55. The van der Waals surface area contributed by atoms with Crippen molar-refractivity contribution in [1.29, 1.82) is 0 Å². The van der Waals surface area contributed by atoms with E-state index in [4.69, 9.17) is 0 Å². The van der Waals surface area contributed by atoms with E-state index in [9.17, 15) is 13.5 Å². The van der Waals surface area contributed by atoms with E-state index in [1.807, 2.05) is 0 Å². The van der Waals surface area contributed by atoms with Crippen LogP contribution in [0.5, 0.6) is 0 Å². The molecule has 1 saturated heterocycles. The Bertz CT molecular complexity index is 530. The van der Waals surface area contributed by atoms with Gasteiger partial charge in [-0.05, 0) is 25.0 Å². The molecule has 2 N–H and O–H groups in total. The summed E-state index contributed by atoms with van der Waals surface area (Å²) in [6.45, 7) is 0.354. The van der Waals surface area contributed by atoms with E-state index in [0.29, 0.717) is 12.2 Å². The van der Waals surface area contributed by atoms with Crippen molar-refractivity contribution in [2.24, 2.45) is 0 Å². The molecule has 2 rings (SSSR count). The highest BCUT2D eigenvalue weighted by atomic mass is 32.2. The van der Waals surface area contributed by atoms with Crippen LogP contribution in [0.3, 0.4) is 0 Å². The summed E-state index contributed by atoms with van der Waals surface area (Å²) in [5.74, 6) is 0. The van der Waals surface area contributed by atoms with Crippen molar-refractivity contribution < 1.29 is 13.5 Å². The molecule has 1 aromatic carbocycles. The van der Waals surface area contributed by atoms with Crippen LogP contribution in [0.25, 0.3) is 0 Å². The van der Waals surface area contributed by atoms with E-state index in [1.165, 1.54) is 4.31 Å². The predicted octanol–water partition coefficient (Wildman–Crippen LogP) is 1.26. The molecule has 1 aliphatic heterocycles. The molecule has 106 valence electrons. The Morgan fingerprint density at radius 1 is 1.37 bits per heavy atom. The summed E-state index contributed by atoms with van der Waals surface area (Å²) in [6, 6.07) is 6.55. The lowest BCUT2D eigenvalue weighted by Crippen LogP contribution is -2.45. The second-order valence-electron chi connectivity index (χ2n) is 4.69. The lowest BCUT2D eigenvalue weighted by molar-refractivity contribution is 0.155. The van der Waals surface area contributed by atoms with Gasteiger partial charge in [0, 0.05) is 19.6 Å². The van der Waals surface area contributed by atoms with Gasteiger partial charge in [0.05, 0.1) is 12.3 Å². The van der Waals surface area contributed by atoms with Crippen LogP contribution in [0.15, 0.2) is 29.2 Å². The SMILES string of the molecule is CNc1ccccc1S(=O)(=O)N1CCCCC1CO. The molecule has 0 radical (unpaired) electrons. The fourth-order valence-electron chi connectivity index (χ4n) is 2.50. The predicted molar refractivity (Wildman–Crippen MR) is 74.6 cm³/mol. The number of hydrogen-bond acceptors (Lipinski definition) is 4. The van der Waals surface area contributed by atoms with Crippen LogP contribution < -0.4 is 5.32 Å². The summed E-state index contributed by atoms with van der Waals surface area (Å²) in [7, 11) is -1.85. The Labute approximate surface area is 114 Å². The molecule has 0 aromatic heterocycles. The van der Waals surface area contributed by atoms with Crippen LogP contribution in [0.1, 0.15) is 19.3 Å². The first kappa shape index (κ1) is 14.3. The first-order valence-electron chi connectivity index (χ1n) is 6.50. The number of nitrogens with one attached hydrogen (secondary N) is 1. The summed E-state index contributed by atoms with van der Waals surface area (Å²) in [4.78, 5) is 0.276. The van der Waals surface area contributed by atoms with Crippen LogP contribution in [-0.4, -0.2) is 44.1 Å². The van der Waals surface area contributed by atoms with Crippen LogP contribution in [0.2, 0.25) is 0 Å². The zero-order valence-electron chi connectivity index (χ0n) is 11.0.